The molecule has 1 aromatic carbocycles. The van der Waals surface area contributed by atoms with Crippen molar-refractivity contribution in [1.29, 1.82) is 5.26 Å². The van der Waals surface area contributed by atoms with Gasteiger partial charge in [0.1, 0.15) is 0 Å². The second kappa shape index (κ2) is 7.73. The van der Waals surface area contributed by atoms with E-state index in [1.165, 1.54) is 5.56 Å². The van der Waals surface area contributed by atoms with Crippen LogP contribution < -0.4 is 4.90 Å². The lowest BCUT2D eigenvalue weighted by atomic mass is 10.0. The molecular formula is C18H20BrN5. The van der Waals surface area contributed by atoms with Gasteiger partial charge in [-0.15, -0.1) is 0 Å². The number of benzene rings is 1. The second-order valence-electron chi connectivity index (χ2n) is 6.13. The zero-order valence-corrected chi connectivity index (χ0v) is 15.3. The van der Waals surface area contributed by atoms with Crippen molar-refractivity contribution in [3.8, 4) is 6.07 Å². The molecule has 0 radical (unpaired) electrons. The first-order chi connectivity index (χ1) is 11.7. The summed E-state index contributed by atoms with van der Waals surface area (Å²) in [7, 11) is 2.07. The molecule has 124 valence electrons. The first-order valence-electron chi connectivity index (χ1n) is 8.07. The van der Waals surface area contributed by atoms with Crippen molar-refractivity contribution in [1.82, 2.24) is 14.9 Å². The minimum absolute atomic E-state index is 0.475. The topological polar surface area (TPSA) is 56.1 Å². The fraction of sp³-hybridized carbons (Fsp3) is 0.389. The molecule has 3 rings (SSSR count). The molecule has 0 atom stereocenters. The summed E-state index contributed by atoms with van der Waals surface area (Å²) in [5.74, 6) is 0.781. The van der Waals surface area contributed by atoms with E-state index in [1.807, 2.05) is 24.3 Å². The van der Waals surface area contributed by atoms with E-state index < -0.39 is 0 Å². The SMILES string of the molecule is CN(c1ncc(Br)cn1)C1CCN(Cc2ccc(C#N)cc2)CC1. The van der Waals surface area contributed by atoms with Gasteiger partial charge in [-0.2, -0.15) is 5.26 Å². The predicted molar refractivity (Wildman–Crippen MR) is 97.6 cm³/mol. The number of rotatable bonds is 4. The molecular weight excluding hydrogens is 366 g/mol. The molecule has 0 amide bonds. The van der Waals surface area contributed by atoms with Crippen molar-refractivity contribution < 1.29 is 0 Å². The standard InChI is InChI=1S/C18H20BrN5/c1-23(18-21-11-16(19)12-22-18)17-6-8-24(9-7-17)13-15-4-2-14(10-20)3-5-15/h2-5,11-12,17H,6-9,13H2,1H3. The van der Waals surface area contributed by atoms with Crippen molar-refractivity contribution >= 4 is 21.9 Å². The van der Waals surface area contributed by atoms with E-state index in [0.717, 1.165) is 42.9 Å². The van der Waals surface area contributed by atoms with Gasteiger partial charge in [0.25, 0.3) is 0 Å². The molecule has 6 heteroatoms. The first kappa shape index (κ1) is 16.9. The van der Waals surface area contributed by atoms with Crippen LogP contribution in [0.2, 0.25) is 0 Å². The van der Waals surface area contributed by atoms with E-state index in [2.05, 4.69) is 48.8 Å². The Bertz CT molecular complexity index is 700. The maximum absolute atomic E-state index is 8.86. The van der Waals surface area contributed by atoms with Gasteiger partial charge in [0, 0.05) is 45.1 Å². The second-order valence-corrected chi connectivity index (χ2v) is 7.04. The van der Waals surface area contributed by atoms with Crippen molar-refractivity contribution in [2.24, 2.45) is 0 Å². The summed E-state index contributed by atoms with van der Waals surface area (Å²) in [6.45, 7) is 3.06. The lowest BCUT2D eigenvalue weighted by Gasteiger charge is -2.36. The van der Waals surface area contributed by atoms with E-state index in [0.29, 0.717) is 11.6 Å². The van der Waals surface area contributed by atoms with Gasteiger partial charge in [-0.3, -0.25) is 4.90 Å². The largest absolute Gasteiger partial charge is 0.341 e. The van der Waals surface area contributed by atoms with Crippen LogP contribution in [0, 0.1) is 11.3 Å². The van der Waals surface area contributed by atoms with Gasteiger partial charge in [-0.1, -0.05) is 12.1 Å². The van der Waals surface area contributed by atoms with Gasteiger partial charge in [-0.05, 0) is 46.5 Å². The van der Waals surface area contributed by atoms with Crippen molar-refractivity contribution in [3.05, 3.63) is 52.3 Å². The minimum atomic E-state index is 0.475. The van der Waals surface area contributed by atoms with E-state index in [4.69, 9.17) is 5.26 Å². The molecule has 0 unspecified atom stereocenters. The normalized spacial score (nSPS) is 15.9. The van der Waals surface area contributed by atoms with Crippen LogP contribution in [-0.4, -0.2) is 41.0 Å². The van der Waals surface area contributed by atoms with Crippen LogP contribution in [0.25, 0.3) is 0 Å². The maximum Gasteiger partial charge on any atom is 0.225 e. The third kappa shape index (κ3) is 4.11. The molecule has 0 aliphatic carbocycles. The lowest BCUT2D eigenvalue weighted by molar-refractivity contribution is 0.203. The smallest absolute Gasteiger partial charge is 0.225 e. The van der Waals surface area contributed by atoms with E-state index >= 15 is 0 Å². The molecule has 5 nitrogen and oxygen atoms in total. The predicted octanol–water partition coefficient (Wildman–Crippen LogP) is 3.21. The number of nitrogens with zero attached hydrogens (tertiary/aromatic N) is 5. The Hall–Kier alpha value is -1.97. The van der Waals surface area contributed by atoms with Crippen LogP contribution in [0.3, 0.4) is 0 Å². The molecule has 2 aromatic rings. The highest BCUT2D eigenvalue weighted by atomic mass is 79.9. The molecule has 1 aromatic heterocycles. The summed E-state index contributed by atoms with van der Waals surface area (Å²) in [4.78, 5) is 13.4. The number of hydrogen-bond donors (Lipinski definition) is 0. The summed E-state index contributed by atoms with van der Waals surface area (Å²) >= 11 is 3.37. The van der Waals surface area contributed by atoms with Crippen LogP contribution in [0.1, 0.15) is 24.0 Å². The van der Waals surface area contributed by atoms with Crippen LogP contribution in [0.4, 0.5) is 5.95 Å². The number of halogens is 1. The van der Waals surface area contributed by atoms with E-state index in [9.17, 15) is 0 Å². The fourth-order valence-corrected chi connectivity index (χ4v) is 3.26. The van der Waals surface area contributed by atoms with Gasteiger partial charge < -0.3 is 4.90 Å². The summed E-state index contributed by atoms with van der Waals surface area (Å²) in [5, 5.41) is 8.86. The molecule has 1 saturated heterocycles. The van der Waals surface area contributed by atoms with Crippen molar-refractivity contribution in [2.75, 3.05) is 25.0 Å². The number of hydrogen-bond acceptors (Lipinski definition) is 5. The highest BCUT2D eigenvalue weighted by molar-refractivity contribution is 9.10. The van der Waals surface area contributed by atoms with Gasteiger partial charge in [-0.25, -0.2) is 9.97 Å². The van der Waals surface area contributed by atoms with Crippen LogP contribution in [0.15, 0.2) is 41.1 Å². The van der Waals surface area contributed by atoms with Gasteiger partial charge in [0.05, 0.1) is 16.1 Å². The number of anilines is 1. The Morgan fingerprint density at radius 2 is 1.83 bits per heavy atom. The van der Waals surface area contributed by atoms with Crippen LogP contribution in [0.5, 0.6) is 0 Å². The van der Waals surface area contributed by atoms with Crippen LogP contribution in [-0.2, 0) is 6.54 Å². The molecule has 1 fully saturated rings. The van der Waals surface area contributed by atoms with Gasteiger partial charge in [0.15, 0.2) is 0 Å². The Morgan fingerprint density at radius 1 is 1.21 bits per heavy atom. The number of likely N-dealkylation sites (tertiary alicyclic amines) is 1. The Kier molecular flexibility index (Phi) is 5.44. The average Bonchev–Trinajstić information content (AvgIpc) is 2.63. The van der Waals surface area contributed by atoms with E-state index in [1.54, 1.807) is 12.4 Å². The van der Waals surface area contributed by atoms with Crippen molar-refractivity contribution in [3.63, 3.8) is 0 Å². The molecule has 0 saturated carbocycles. The first-order valence-corrected chi connectivity index (χ1v) is 8.87. The summed E-state index contributed by atoms with van der Waals surface area (Å²) in [5.41, 5.74) is 1.98. The third-order valence-corrected chi connectivity index (χ3v) is 4.93. The number of piperidine rings is 1. The Labute approximate surface area is 151 Å². The molecule has 0 spiro atoms. The van der Waals surface area contributed by atoms with Crippen molar-refractivity contribution in [2.45, 2.75) is 25.4 Å². The maximum atomic E-state index is 8.86. The minimum Gasteiger partial charge on any atom is -0.341 e. The molecule has 24 heavy (non-hydrogen) atoms. The average molecular weight is 386 g/mol. The number of nitriles is 1. The summed E-state index contributed by atoms with van der Waals surface area (Å²) in [6, 6.07) is 10.5. The zero-order valence-electron chi connectivity index (χ0n) is 13.7. The third-order valence-electron chi connectivity index (χ3n) is 4.52. The summed E-state index contributed by atoms with van der Waals surface area (Å²) < 4.78 is 0.900. The van der Waals surface area contributed by atoms with Gasteiger partial charge in [0.2, 0.25) is 5.95 Å². The molecule has 1 aliphatic heterocycles. The quantitative estimate of drug-likeness (QED) is 0.808. The number of aromatic nitrogens is 2. The Balaban J connectivity index is 1.53. The highest BCUT2D eigenvalue weighted by Crippen LogP contribution is 2.21. The highest BCUT2D eigenvalue weighted by Gasteiger charge is 2.23. The molecule has 2 heterocycles. The lowest BCUT2D eigenvalue weighted by Crippen LogP contribution is -2.43. The fourth-order valence-electron chi connectivity index (χ4n) is 3.06. The summed E-state index contributed by atoms with van der Waals surface area (Å²) in [6.07, 6.45) is 5.79. The molecule has 0 N–H and O–H groups in total. The molecule has 1 aliphatic rings. The zero-order chi connectivity index (χ0) is 16.9. The monoisotopic (exact) mass is 385 g/mol. The van der Waals surface area contributed by atoms with Crippen LogP contribution >= 0.6 is 15.9 Å². The van der Waals surface area contributed by atoms with Gasteiger partial charge >= 0.3 is 0 Å². The van der Waals surface area contributed by atoms with E-state index in [-0.39, 0.29) is 0 Å². The molecule has 0 bridgehead atoms. The Morgan fingerprint density at radius 3 is 2.42 bits per heavy atom.